The molecule has 0 radical (unpaired) electrons. The van der Waals surface area contributed by atoms with Crippen LogP contribution < -0.4 is 15.4 Å². The minimum absolute atomic E-state index is 0.0180. The van der Waals surface area contributed by atoms with Crippen molar-refractivity contribution in [3.8, 4) is 5.75 Å². The van der Waals surface area contributed by atoms with Gasteiger partial charge in [0.15, 0.2) is 5.69 Å². The van der Waals surface area contributed by atoms with Crippen LogP contribution in [0.15, 0.2) is 39.0 Å². The van der Waals surface area contributed by atoms with Crippen molar-refractivity contribution in [2.45, 2.75) is 13.0 Å². The van der Waals surface area contributed by atoms with E-state index in [1.807, 2.05) is 0 Å². The number of nitro benzene ring substituents is 2. The molecule has 0 unspecified atom stereocenters. The Morgan fingerprint density at radius 2 is 1.85 bits per heavy atom. The predicted octanol–water partition coefficient (Wildman–Crippen LogP) is 4.07. The van der Waals surface area contributed by atoms with Gasteiger partial charge in [-0.1, -0.05) is 0 Å². The van der Waals surface area contributed by atoms with Gasteiger partial charge in [-0.05, 0) is 22.0 Å². The van der Waals surface area contributed by atoms with Gasteiger partial charge in [-0.15, -0.1) is 10.2 Å². The first kappa shape index (κ1) is 26.6. The smallest absolute Gasteiger partial charge is 0.304 e. The number of hydrogen-bond donors (Lipinski definition) is 3. The number of benzene rings is 2. The molecule has 182 valence electrons. The number of nitrogens with one attached hydrogen (secondary N) is 2. The number of nitro groups is 2. The second-order valence-corrected chi connectivity index (χ2v) is 7.60. The first-order valence-electron chi connectivity index (χ1n) is 9.51. The Morgan fingerprint density at radius 1 is 1.15 bits per heavy atom. The third-order valence-corrected chi connectivity index (χ3v) is 4.81. The van der Waals surface area contributed by atoms with E-state index < -0.39 is 33.2 Å². The van der Waals surface area contributed by atoms with Gasteiger partial charge in [0.05, 0.1) is 51.6 Å². The van der Waals surface area contributed by atoms with Crippen molar-refractivity contribution < 1.29 is 29.2 Å². The summed E-state index contributed by atoms with van der Waals surface area (Å²) in [6.45, 7) is 1.49. The lowest BCUT2D eigenvalue weighted by Crippen LogP contribution is -2.24. The van der Waals surface area contributed by atoms with Crippen LogP contribution in [-0.2, 0) is 9.53 Å². The van der Waals surface area contributed by atoms with E-state index in [0.29, 0.717) is 5.69 Å². The number of carbonyl (C=O) groups is 1. The molecule has 34 heavy (non-hydrogen) atoms. The van der Waals surface area contributed by atoms with Gasteiger partial charge in [0.2, 0.25) is 5.91 Å². The lowest BCUT2D eigenvalue weighted by Gasteiger charge is -2.17. The standard InChI is InChI=1S/C19H21BrN6O8/c1-10(27)22-14-6-16(21-8-12(28)9-33-2)18(34-3)7-15(14)23-24-19-13(20)4-11(25(29)30)5-17(19)26(31)32/h4-7,12,21,28H,8-9H2,1-3H3,(H,22,27)/t12-/m0/s1. The number of hydrogen-bond acceptors (Lipinski definition) is 11. The lowest BCUT2D eigenvalue weighted by atomic mass is 10.2. The number of carbonyl (C=O) groups excluding carboxylic acids is 1. The highest BCUT2D eigenvalue weighted by atomic mass is 79.9. The Bertz CT molecular complexity index is 1130. The van der Waals surface area contributed by atoms with E-state index in [0.717, 1.165) is 12.1 Å². The summed E-state index contributed by atoms with van der Waals surface area (Å²) < 4.78 is 10.2. The fraction of sp³-hybridized carbons (Fsp3) is 0.316. The highest BCUT2D eigenvalue weighted by Crippen LogP contribution is 2.42. The zero-order valence-corrected chi connectivity index (χ0v) is 19.9. The van der Waals surface area contributed by atoms with Gasteiger partial charge in [0.1, 0.15) is 11.4 Å². The van der Waals surface area contributed by atoms with E-state index in [1.54, 1.807) is 0 Å². The Labute approximate surface area is 201 Å². The number of amides is 1. The summed E-state index contributed by atoms with van der Waals surface area (Å²) in [6, 6.07) is 4.75. The molecular weight excluding hydrogens is 520 g/mol. The van der Waals surface area contributed by atoms with Gasteiger partial charge in [0, 0.05) is 32.7 Å². The van der Waals surface area contributed by atoms with Crippen molar-refractivity contribution in [2.24, 2.45) is 10.2 Å². The Morgan fingerprint density at radius 3 is 2.41 bits per heavy atom. The van der Waals surface area contributed by atoms with E-state index in [1.165, 1.54) is 33.3 Å². The molecule has 0 heterocycles. The molecule has 0 aliphatic carbocycles. The van der Waals surface area contributed by atoms with E-state index in [4.69, 9.17) is 9.47 Å². The Kier molecular flexibility index (Phi) is 9.35. The van der Waals surface area contributed by atoms with Crippen LogP contribution in [0, 0.1) is 20.2 Å². The van der Waals surface area contributed by atoms with Gasteiger partial charge in [0.25, 0.3) is 5.69 Å². The number of non-ortho nitro benzene ring substituents is 1. The topological polar surface area (TPSA) is 191 Å². The molecule has 15 heteroatoms. The number of azo groups is 1. The van der Waals surface area contributed by atoms with Crippen molar-refractivity contribution >= 4 is 56.0 Å². The number of aliphatic hydroxyl groups is 1. The van der Waals surface area contributed by atoms with Gasteiger partial charge in [-0.3, -0.25) is 25.0 Å². The molecule has 0 saturated heterocycles. The van der Waals surface area contributed by atoms with Crippen LogP contribution in [0.5, 0.6) is 5.75 Å². The Hall–Kier alpha value is -3.69. The molecule has 0 aromatic heterocycles. The maximum Gasteiger partial charge on any atom is 0.304 e. The lowest BCUT2D eigenvalue weighted by molar-refractivity contribution is -0.393. The van der Waals surface area contributed by atoms with Crippen LogP contribution >= 0.6 is 15.9 Å². The van der Waals surface area contributed by atoms with Crippen LogP contribution in [0.2, 0.25) is 0 Å². The van der Waals surface area contributed by atoms with E-state index in [9.17, 15) is 30.1 Å². The van der Waals surface area contributed by atoms with Crippen molar-refractivity contribution in [3.63, 3.8) is 0 Å². The number of rotatable bonds is 11. The zero-order chi connectivity index (χ0) is 25.4. The van der Waals surface area contributed by atoms with Crippen molar-refractivity contribution in [1.29, 1.82) is 0 Å². The van der Waals surface area contributed by atoms with E-state index >= 15 is 0 Å². The van der Waals surface area contributed by atoms with Gasteiger partial charge < -0.3 is 25.2 Å². The minimum atomic E-state index is -0.820. The minimum Gasteiger partial charge on any atom is -0.495 e. The number of halogens is 1. The number of methoxy groups -OCH3 is 2. The van der Waals surface area contributed by atoms with Gasteiger partial charge >= 0.3 is 5.69 Å². The molecule has 1 amide bonds. The molecule has 0 bridgehead atoms. The molecule has 0 aliphatic heterocycles. The molecule has 3 N–H and O–H groups in total. The third kappa shape index (κ3) is 6.90. The normalized spacial score (nSPS) is 11.8. The maximum absolute atomic E-state index is 11.7. The number of anilines is 2. The SMILES string of the molecule is COC[C@@H](O)CNc1cc(NC(C)=O)c(N=Nc2c(Br)cc([N+](=O)[O-])cc2[N+](=O)[O-])cc1OC. The molecule has 1 atom stereocenters. The molecule has 0 spiro atoms. The molecule has 14 nitrogen and oxygen atoms in total. The van der Waals surface area contributed by atoms with Crippen molar-refractivity contribution in [2.75, 3.05) is 38.0 Å². The number of ether oxygens (including phenoxy) is 2. The third-order valence-electron chi connectivity index (χ3n) is 4.21. The van der Waals surface area contributed by atoms with Crippen molar-refractivity contribution in [1.82, 2.24) is 0 Å². The monoisotopic (exact) mass is 540 g/mol. The second-order valence-electron chi connectivity index (χ2n) is 6.75. The van der Waals surface area contributed by atoms with Crippen molar-refractivity contribution in [3.05, 3.63) is 49.0 Å². The van der Waals surface area contributed by atoms with Crippen LogP contribution in [-0.4, -0.2) is 54.3 Å². The average Bonchev–Trinajstić information content (AvgIpc) is 2.76. The zero-order valence-electron chi connectivity index (χ0n) is 18.3. The largest absolute Gasteiger partial charge is 0.495 e. The number of aliphatic hydroxyl groups excluding tert-OH is 1. The summed E-state index contributed by atoms with van der Waals surface area (Å²) in [5, 5.41) is 45.8. The second kappa shape index (κ2) is 12.0. The van der Waals surface area contributed by atoms with E-state index in [2.05, 4.69) is 36.8 Å². The van der Waals surface area contributed by atoms with Crippen LogP contribution in [0.1, 0.15) is 6.92 Å². The quantitative estimate of drug-likeness (QED) is 0.214. The molecule has 0 fully saturated rings. The molecule has 2 rings (SSSR count). The average molecular weight is 541 g/mol. The van der Waals surface area contributed by atoms with Crippen LogP contribution in [0.25, 0.3) is 0 Å². The highest BCUT2D eigenvalue weighted by molar-refractivity contribution is 9.10. The predicted molar refractivity (Wildman–Crippen MR) is 125 cm³/mol. The molecular formula is C19H21BrN6O8. The van der Waals surface area contributed by atoms with E-state index in [-0.39, 0.29) is 40.4 Å². The molecule has 2 aromatic rings. The molecule has 0 saturated carbocycles. The highest BCUT2D eigenvalue weighted by Gasteiger charge is 2.24. The number of nitrogens with zero attached hydrogens (tertiary/aromatic N) is 4. The van der Waals surface area contributed by atoms with Gasteiger partial charge in [-0.2, -0.15) is 0 Å². The first-order chi connectivity index (χ1) is 16.1. The summed E-state index contributed by atoms with van der Waals surface area (Å²) in [7, 11) is 2.84. The van der Waals surface area contributed by atoms with Crippen LogP contribution in [0.4, 0.5) is 34.1 Å². The van der Waals surface area contributed by atoms with Gasteiger partial charge in [-0.25, -0.2) is 0 Å². The summed E-state index contributed by atoms with van der Waals surface area (Å²) >= 11 is 3.05. The fourth-order valence-corrected chi connectivity index (χ4v) is 3.26. The maximum atomic E-state index is 11.7. The summed E-state index contributed by atoms with van der Waals surface area (Å²) in [5.74, 6) is -0.139. The summed E-state index contributed by atoms with van der Waals surface area (Å²) in [4.78, 5) is 32.6. The van der Waals surface area contributed by atoms with Crippen LogP contribution in [0.3, 0.4) is 0 Å². The summed E-state index contributed by atoms with van der Waals surface area (Å²) in [5.41, 5.74) is -0.681. The molecule has 2 aromatic carbocycles. The first-order valence-corrected chi connectivity index (χ1v) is 10.3. The fourth-order valence-electron chi connectivity index (χ4n) is 2.75. The Balaban J connectivity index is 2.53. The molecule has 0 aliphatic rings. The summed E-state index contributed by atoms with van der Waals surface area (Å²) in [6.07, 6.45) is -0.807.